The molecule has 1 aliphatic heterocycles. The lowest BCUT2D eigenvalue weighted by Crippen LogP contribution is -2.35. The van der Waals surface area contributed by atoms with E-state index in [1.54, 1.807) is 12.1 Å². The lowest BCUT2D eigenvalue weighted by atomic mass is 9.60. The Kier molecular flexibility index (Phi) is 5.04. The molecule has 1 atom stereocenters. The van der Waals surface area contributed by atoms with E-state index < -0.39 is 0 Å². The third kappa shape index (κ3) is 3.30. The van der Waals surface area contributed by atoms with E-state index in [-0.39, 0.29) is 23.1 Å². The zero-order valence-electron chi connectivity index (χ0n) is 17.4. The van der Waals surface area contributed by atoms with E-state index in [1.807, 2.05) is 12.1 Å². The summed E-state index contributed by atoms with van der Waals surface area (Å²) in [4.78, 5) is 13.1. The highest BCUT2D eigenvalue weighted by Crippen LogP contribution is 2.58. The summed E-state index contributed by atoms with van der Waals surface area (Å²) >= 11 is 0. The molecule has 2 aromatic rings. The van der Waals surface area contributed by atoms with Crippen molar-refractivity contribution in [3.8, 4) is 5.75 Å². The lowest BCUT2D eigenvalue weighted by molar-refractivity contribution is -0.111. The van der Waals surface area contributed by atoms with Gasteiger partial charge in [0, 0.05) is 24.9 Å². The van der Waals surface area contributed by atoms with Crippen LogP contribution in [0.1, 0.15) is 67.6 Å². The van der Waals surface area contributed by atoms with E-state index >= 15 is 4.39 Å². The van der Waals surface area contributed by atoms with Gasteiger partial charge in [0.2, 0.25) is 0 Å². The van der Waals surface area contributed by atoms with E-state index in [0.717, 1.165) is 50.6 Å². The van der Waals surface area contributed by atoms with Crippen molar-refractivity contribution in [2.45, 2.75) is 57.3 Å². The van der Waals surface area contributed by atoms with Gasteiger partial charge in [-0.2, -0.15) is 0 Å². The van der Waals surface area contributed by atoms with Gasteiger partial charge in [-0.05, 0) is 84.9 Å². The van der Waals surface area contributed by atoms with Crippen molar-refractivity contribution >= 4 is 12.0 Å². The second-order valence-electron chi connectivity index (χ2n) is 9.56. The van der Waals surface area contributed by atoms with Crippen molar-refractivity contribution in [1.82, 2.24) is 0 Å². The smallest absolute Gasteiger partial charge is 0.146 e. The van der Waals surface area contributed by atoms with Crippen molar-refractivity contribution in [3.63, 3.8) is 0 Å². The average molecular weight is 408 g/mol. The fourth-order valence-corrected chi connectivity index (χ4v) is 6.33. The molecule has 1 heterocycles. The van der Waals surface area contributed by atoms with E-state index in [9.17, 15) is 9.90 Å². The van der Waals surface area contributed by atoms with Crippen molar-refractivity contribution in [1.29, 1.82) is 0 Å². The molecule has 1 N–H and O–H groups in total. The van der Waals surface area contributed by atoms with Gasteiger partial charge < -0.3 is 14.8 Å². The van der Waals surface area contributed by atoms with Crippen molar-refractivity contribution in [2.24, 2.45) is 11.3 Å². The van der Waals surface area contributed by atoms with Gasteiger partial charge in [-0.3, -0.25) is 0 Å². The number of anilines is 1. The Bertz CT molecular complexity index is 942. The van der Waals surface area contributed by atoms with Crippen LogP contribution in [0.5, 0.6) is 5.75 Å². The SMILES string of the molecule is O=CC1CCN(c2ccc([C@@H]3c4ccc(O)cc4CCC34CCCC4)cc2F)CC1. The highest BCUT2D eigenvalue weighted by molar-refractivity contribution is 5.57. The minimum atomic E-state index is -0.156. The maximum absolute atomic E-state index is 15.3. The van der Waals surface area contributed by atoms with Gasteiger partial charge in [0.05, 0.1) is 5.69 Å². The van der Waals surface area contributed by atoms with Crippen LogP contribution in [-0.4, -0.2) is 24.5 Å². The Labute approximate surface area is 177 Å². The summed E-state index contributed by atoms with van der Waals surface area (Å²) < 4.78 is 15.3. The minimum absolute atomic E-state index is 0.112. The van der Waals surface area contributed by atoms with Crippen molar-refractivity contribution in [2.75, 3.05) is 18.0 Å². The molecule has 0 bridgehead atoms. The highest BCUT2D eigenvalue weighted by Gasteiger charge is 2.45. The molecular weight excluding hydrogens is 377 g/mol. The molecule has 4 heteroatoms. The molecular formula is C26H30FNO2. The number of aryl methyl sites for hydroxylation is 1. The molecule has 2 fully saturated rings. The maximum atomic E-state index is 15.3. The molecule has 1 spiro atoms. The lowest BCUT2D eigenvalue weighted by Gasteiger charge is -2.43. The largest absolute Gasteiger partial charge is 0.508 e. The summed E-state index contributed by atoms with van der Waals surface area (Å²) in [6.07, 6.45) is 9.62. The van der Waals surface area contributed by atoms with Crippen LogP contribution in [0.15, 0.2) is 36.4 Å². The first-order chi connectivity index (χ1) is 14.6. The molecule has 0 aromatic heterocycles. The standard InChI is InChI=1S/C26H30FNO2/c27-23-16-20(3-6-24(23)28-13-8-18(17-29)9-14-28)25-22-5-4-21(30)15-19(22)7-12-26(25)10-1-2-11-26/h3-6,15-18,25,30H,1-2,7-14H2/t25-/m1/s1. The van der Waals surface area contributed by atoms with Crippen LogP contribution in [0.2, 0.25) is 0 Å². The number of aldehydes is 1. The number of aromatic hydroxyl groups is 1. The van der Waals surface area contributed by atoms with E-state index in [1.165, 1.54) is 36.8 Å². The van der Waals surface area contributed by atoms with Gasteiger partial charge in [-0.1, -0.05) is 25.0 Å². The Balaban J connectivity index is 1.50. The highest BCUT2D eigenvalue weighted by atomic mass is 19.1. The van der Waals surface area contributed by atoms with Crippen LogP contribution in [-0.2, 0) is 11.2 Å². The monoisotopic (exact) mass is 407 g/mol. The number of hydrogen-bond acceptors (Lipinski definition) is 3. The first-order valence-corrected chi connectivity index (χ1v) is 11.4. The van der Waals surface area contributed by atoms with Gasteiger partial charge >= 0.3 is 0 Å². The number of carbonyl (C=O) groups is 1. The molecule has 1 saturated heterocycles. The van der Waals surface area contributed by atoms with Crippen molar-refractivity contribution in [3.05, 3.63) is 58.9 Å². The predicted molar refractivity (Wildman–Crippen MR) is 117 cm³/mol. The van der Waals surface area contributed by atoms with Gasteiger partial charge in [0.1, 0.15) is 17.9 Å². The topological polar surface area (TPSA) is 40.5 Å². The number of phenols is 1. The molecule has 0 unspecified atom stereocenters. The quantitative estimate of drug-likeness (QED) is 0.675. The second kappa shape index (κ2) is 7.72. The molecule has 5 rings (SSSR count). The molecule has 0 radical (unpaired) electrons. The number of carbonyl (C=O) groups excluding carboxylic acids is 1. The van der Waals surface area contributed by atoms with E-state index in [2.05, 4.69) is 17.0 Å². The molecule has 1 saturated carbocycles. The summed E-state index contributed by atoms with van der Waals surface area (Å²) in [5.41, 5.74) is 4.40. The maximum Gasteiger partial charge on any atom is 0.146 e. The second-order valence-corrected chi connectivity index (χ2v) is 9.56. The molecule has 2 aliphatic carbocycles. The van der Waals surface area contributed by atoms with Crippen molar-refractivity contribution < 1.29 is 14.3 Å². The summed E-state index contributed by atoms with van der Waals surface area (Å²) in [7, 11) is 0. The predicted octanol–water partition coefficient (Wildman–Crippen LogP) is 5.59. The van der Waals surface area contributed by atoms with Crippen LogP contribution in [0, 0.1) is 17.2 Å². The van der Waals surface area contributed by atoms with Gasteiger partial charge in [-0.15, -0.1) is 0 Å². The number of rotatable bonds is 3. The minimum Gasteiger partial charge on any atom is -0.508 e. The van der Waals surface area contributed by atoms with Crippen LogP contribution >= 0.6 is 0 Å². The number of benzene rings is 2. The van der Waals surface area contributed by atoms with E-state index in [4.69, 9.17) is 0 Å². The number of hydrogen-bond donors (Lipinski definition) is 1. The summed E-state index contributed by atoms with van der Waals surface area (Å²) in [6, 6.07) is 11.6. The fraction of sp³-hybridized carbons (Fsp3) is 0.500. The van der Waals surface area contributed by atoms with E-state index in [0.29, 0.717) is 11.4 Å². The first kappa shape index (κ1) is 19.6. The Morgan fingerprint density at radius 2 is 1.80 bits per heavy atom. The number of phenolic OH excluding ortho intramolecular Hbond substituents is 1. The Morgan fingerprint density at radius 1 is 1.03 bits per heavy atom. The molecule has 3 aliphatic rings. The molecule has 158 valence electrons. The molecule has 0 amide bonds. The van der Waals surface area contributed by atoms with Gasteiger partial charge in [0.15, 0.2) is 0 Å². The Hall–Kier alpha value is -2.36. The normalized spacial score (nSPS) is 23.5. The number of fused-ring (bicyclic) bond motifs is 1. The van der Waals surface area contributed by atoms with Crippen LogP contribution in [0.4, 0.5) is 10.1 Å². The zero-order valence-corrected chi connectivity index (χ0v) is 17.4. The Morgan fingerprint density at radius 3 is 2.50 bits per heavy atom. The summed E-state index contributed by atoms with van der Waals surface area (Å²) in [5.74, 6) is 0.459. The molecule has 2 aromatic carbocycles. The number of halogens is 1. The van der Waals surface area contributed by atoms with Crippen LogP contribution in [0.25, 0.3) is 0 Å². The molecule has 3 nitrogen and oxygen atoms in total. The summed E-state index contributed by atoms with van der Waals surface area (Å²) in [6.45, 7) is 1.46. The van der Waals surface area contributed by atoms with Crippen LogP contribution < -0.4 is 4.90 Å². The summed E-state index contributed by atoms with van der Waals surface area (Å²) in [5, 5.41) is 9.98. The first-order valence-electron chi connectivity index (χ1n) is 11.4. The number of nitrogens with zero attached hydrogens (tertiary/aromatic N) is 1. The average Bonchev–Trinajstić information content (AvgIpc) is 3.23. The number of piperidine rings is 1. The van der Waals surface area contributed by atoms with Gasteiger partial charge in [-0.25, -0.2) is 4.39 Å². The third-order valence-electron chi connectivity index (χ3n) is 7.92. The third-order valence-corrected chi connectivity index (χ3v) is 7.92. The molecule has 30 heavy (non-hydrogen) atoms. The fourth-order valence-electron chi connectivity index (χ4n) is 6.33. The van der Waals surface area contributed by atoms with Crippen LogP contribution in [0.3, 0.4) is 0 Å². The van der Waals surface area contributed by atoms with Gasteiger partial charge in [0.25, 0.3) is 0 Å². The zero-order chi connectivity index (χ0) is 20.7.